The molecule has 3 rings (SSSR count). The summed E-state index contributed by atoms with van der Waals surface area (Å²) in [4.78, 5) is 40.0. The minimum absolute atomic E-state index is 0.101. The van der Waals surface area contributed by atoms with Gasteiger partial charge in [-0.2, -0.15) is 0 Å². The highest BCUT2D eigenvalue weighted by Crippen LogP contribution is 2.61. The smallest absolute Gasteiger partial charge is 0.311 e. The first-order chi connectivity index (χ1) is 17.4. The second kappa shape index (κ2) is 10.5. The van der Waals surface area contributed by atoms with Crippen LogP contribution in [0.25, 0.3) is 0 Å². The Hall–Kier alpha value is -2.03. The van der Waals surface area contributed by atoms with E-state index in [1.807, 2.05) is 27.7 Å². The van der Waals surface area contributed by atoms with Crippen molar-refractivity contribution < 1.29 is 39.2 Å². The normalized spacial score (nSPS) is 36.4. The quantitative estimate of drug-likeness (QED) is 0.256. The maximum atomic E-state index is 14.5. The van der Waals surface area contributed by atoms with Crippen molar-refractivity contribution in [1.82, 2.24) is 0 Å². The zero-order valence-corrected chi connectivity index (χ0v) is 24.2. The number of unbranched alkanes of at least 4 members (excludes halogenated alkanes) is 2. The van der Waals surface area contributed by atoms with Gasteiger partial charge in [-0.1, -0.05) is 52.7 Å². The van der Waals surface area contributed by atoms with Crippen molar-refractivity contribution in [3.8, 4) is 0 Å². The molecule has 0 heterocycles. The topological polar surface area (TPSA) is 130 Å². The number of carbonyl (C=O) groups excluding carboxylic acids is 3. The van der Waals surface area contributed by atoms with Gasteiger partial charge in [0.05, 0.1) is 16.7 Å². The average Bonchev–Trinajstić information content (AvgIpc) is 2.96. The number of rotatable bonds is 7. The number of fused-ring (bicyclic) bond motifs is 1. The summed E-state index contributed by atoms with van der Waals surface area (Å²) in [7, 11) is 0. The molecule has 0 saturated heterocycles. The second-order valence-electron chi connectivity index (χ2n) is 13.3. The van der Waals surface area contributed by atoms with E-state index in [1.165, 1.54) is 6.08 Å². The van der Waals surface area contributed by atoms with Gasteiger partial charge in [0.15, 0.2) is 5.78 Å². The highest BCUT2D eigenvalue weighted by Gasteiger charge is 2.72. The van der Waals surface area contributed by atoms with Crippen LogP contribution in [0.4, 0.5) is 0 Å². The summed E-state index contributed by atoms with van der Waals surface area (Å²) in [5, 5.41) is 35.0. The molecule has 38 heavy (non-hydrogen) atoms. The predicted molar refractivity (Wildman–Crippen MR) is 142 cm³/mol. The number of hydrogen-bond donors (Lipinski definition) is 3. The van der Waals surface area contributed by atoms with Crippen molar-refractivity contribution in [2.75, 3.05) is 6.61 Å². The van der Waals surface area contributed by atoms with Crippen LogP contribution < -0.4 is 0 Å². The minimum atomic E-state index is -2.28. The monoisotopic (exact) mass is 534 g/mol. The summed E-state index contributed by atoms with van der Waals surface area (Å²) in [5.74, 6) is -2.87. The second-order valence-corrected chi connectivity index (χ2v) is 13.3. The van der Waals surface area contributed by atoms with Crippen LogP contribution in [-0.4, -0.2) is 63.6 Å². The van der Waals surface area contributed by atoms with Gasteiger partial charge in [-0.05, 0) is 57.6 Å². The zero-order valence-electron chi connectivity index (χ0n) is 24.2. The van der Waals surface area contributed by atoms with E-state index in [1.54, 1.807) is 33.8 Å². The van der Waals surface area contributed by atoms with Crippen molar-refractivity contribution in [2.45, 2.75) is 111 Å². The van der Waals surface area contributed by atoms with Crippen LogP contribution in [0.1, 0.15) is 87.5 Å². The molecule has 2 bridgehead atoms. The van der Waals surface area contributed by atoms with Gasteiger partial charge >= 0.3 is 11.9 Å². The number of hydrogen-bond acceptors (Lipinski definition) is 8. The molecule has 1 fully saturated rings. The number of ketones is 1. The number of ether oxygens (including phenoxy) is 2. The summed E-state index contributed by atoms with van der Waals surface area (Å²) < 4.78 is 11.5. The Morgan fingerprint density at radius 2 is 1.76 bits per heavy atom. The van der Waals surface area contributed by atoms with Crippen LogP contribution in [0, 0.1) is 28.1 Å². The first kappa shape index (κ1) is 30.5. The van der Waals surface area contributed by atoms with E-state index in [-0.39, 0.29) is 18.6 Å². The summed E-state index contributed by atoms with van der Waals surface area (Å²) in [6.07, 6.45) is 2.16. The van der Waals surface area contributed by atoms with Crippen molar-refractivity contribution in [1.29, 1.82) is 0 Å². The van der Waals surface area contributed by atoms with Crippen LogP contribution >= 0.6 is 0 Å². The lowest BCUT2D eigenvalue weighted by molar-refractivity contribution is -0.190. The Balaban J connectivity index is 2.16. The highest BCUT2D eigenvalue weighted by atomic mass is 16.5. The molecule has 0 amide bonds. The van der Waals surface area contributed by atoms with Gasteiger partial charge in [-0.15, -0.1) is 0 Å². The Morgan fingerprint density at radius 1 is 1.13 bits per heavy atom. The number of aliphatic hydroxyl groups is 3. The molecule has 8 heteroatoms. The van der Waals surface area contributed by atoms with Crippen molar-refractivity contribution >= 4 is 17.7 Å². The Bertz CT molecular complexity index is 1020. The van der Waals surface area contributed by atoms with Crippen LogP contribution in [0.5, 0.6) is 0 Å². The summed E-state index contributed by atoms with van der Waals surface area (Å²) >= 11 is 0. The van der Waals surface area contributed by atoms with Crippen molar-refractivity contribution in [2.24, 2.45) is 28.1 Å². The molecular formula is C30H46O8. The molecule has 0 radical (unpaired) electrons. The van der Waals surface area contributed by atoms with Gasteiger partial charge in [0.2, 0.25) is 0 Å². The summed E-state index contributed by atoms with van der Waals surface area (Å²) in [6, 6.07) is 0. The lowest BCUT2D eigenvalue weighted by Crippen LogP contribution is -2.65. The molecule has 3 aliphatic rings. The largest absolute Gasteiger partial charge is 0.461 e. The van der Waals surface area contributed by atoms with Crippen LogP contribution in [-0.2, 0) is 23.9 Å². The minimum Gasteiger partial charge on any atom is -0.461 e. The molecule has 0 aromatic heterocycles. The van der Waals surface area contributed by atoms with Crippen molar-refractivity contribution in [3.63, 3.8) is 0 Å². The standard InChI is InChI=1S/C30H46O8/c1-9-10-11-12-21(31)38-25-20-13-19(16-37-26(35)27(4,5)6)23(33)30(36)22(32)17(2)14-29(30,24(20)34)18(3)15-28(25,7)8/h13-14,18,20,22-23,25,32-33,36H,9-12,15-16H2,1-8H3/t18-,20-,22+,23-,25-,29+,30-/m1/s1. The average molecular weight is 535 g/mol. The Labute approximate surface area is 226 Å². The summed E-state index contributed by atoms with van der Waals surface area (Å²) in [6.45, 7) is 14.1. The molecule has 1 spiro atoms. The Kier molecular flexibility index (Phi) is 8.44. The van der Waals surface area contributed by atoms with Gasteiger partial charge in [-0.3, -0.25) is 14.4 Å². The summed E-state index contributed by atoms with van der Waals surface area (Å²) in [5.41, 5.74) is -4.91. The molecule has 0 unspecified atom stereocenters. The van der Waals surface area contributed by atoms with Gasteiger partial charge < -0.3 is 24.8 Å². The third-order valence-electron chi connectivity index (χ3n) is 8.77. The molecule has 7 atom stereocenters. The maximum Gasteiger partial charge on any atom is 0.311 e. The van der Waals surface area contributed by atoms with E-state index < -0.39 is 69.7 Å². The lowest BCUT2D eigenvalue weighted by Gasteiger charge is -2.48. The molecule has 1 saturated carbocycles. The molecule has 0 aromatic rings. The van der Waals surface area contributed by atoms with Crippen LogP contribution in [0.15, 0.2) is 23.3 Å². The lowest BCUT2D eigenvalue weighted by atomic mass is 9.59. The molecule has 214 valence electrons. The van der Waals surface area contributed by atoms with E-state index in [2.05, 4.69) is 0 Å². The van der Waals surface area contributed by atoms with Crippen LogP contribution in [0.3, 0.4) is 0 Å². The molecular weight excluding hydrogens is 488 g/mol. The Morgan fingerprint density at radius 3 is 2.34 bits per heavy atom. The predicted octanol–water partition coefficient (Wildman–Crippen LogP) is 3.66. The van der Waals surface area contributed by atoms with Gasteiger partial charge in [0.25, 0.3) is 0 Å². The fourth-order valence-corrected chi connectivity index (χ4v) is 6.73. The van der Waals surface area contributed by atoms with Crippen molar-refractivity contribution in [3.05, 3.63) is 23.3 Å². The fourth-order valence-electron chi connectivity index (χ4n) is 6.73. The molecule has 0 aliphatic heterocycles. The van der Waals surface area contributed by atoms with E-state index >= 15 is 0 Å². The third kappa shape index (κ3) is 4.88. The molecule has 0 aromatic carbocycles. The maximum absolute atomic E-state index is 14.5. The fraction of sp³-hybridized carbons (Fsp3) is 0.767. The van der Waals surface area contributed by atoms with E-state index in [9.17, 15) is 29.7 Å². The number of Topliss-reactive ketones (excluding diaryl/α,β-unsaturated/α-hetero) is 1. The van der Waals surface area contributed by atoms with Gasteiger partial charge in [0, 0.05) is 11.8 Å². The van der Waals surface area contributed by atoms with Crippen LogP contribution in [0.2, 0.25) is 0 Å². The highest BCUT2D eigenvalue weighted by molar-refractivity contribution is 5.95. The number of esters is 2. The van der Waals surface area contributed by atoms with E-state index in [4.69, 9.17) is 9.47 Å². The zero-order chi connectivity index (χ0) is 28.8. The molecule has 3 N–H and O–H groups in total. The SMILES string of the molecule is CCCCCC(=O)O[C@@H]1[C@@H]2C=C(COC(=O)C(C)(C)C)[C@@H](O)[C@]3(O)[C@@H](O)C(C)=C[C@@]3(C2=O)[C@H](C)CC1(C)C. The van der Waals surface area contributed by atoms with E-state index in [0.29, 0.717) is 18.4 Å². The first-order valence-corrected chi connectivity index (χ1v) is 13.8. The number of aliphatic hydroxyl groups excluding tert-OH is 2. The van der Waals surface area contributed by atoms with Gasteiger partial charge in [0.1, 0.15) is 30.5 Å². The number of carbonyl (C=O) groups is 3. The van der Waals surface area contributed by atoms with E-state index in [0.717, 1.165) is 12.8 Å². The molecule has 8 nitrogen and oxygen atoms in total. The molecule has 3 aliphatic carbocycles. The third-order valence-corrected chi connectivity index (χ3v) is 8.77. The van der Waals surface area contributed by atoms with Gasteiger partial charge in [-0.25, -0.2) is 0 Å². The first-order valence-electron chi connectivity index (χ1n) is 13.8.